The Balaban J connectivity index is 2.29. The molecule has 0 saturated carbocycles. The number of nitrogen functional groups attached to an aromatic ring is 1. The summed E-state index contributed by atoms with van der Waals surface area (Å²) in [7, 11) is 0. The summed E-state index contributed by atoms with van der Waals surface area (Å²) < 4.78 is 12.7. The molecule has 19 heavy (non-hydrogen) atoms. The van der Waals surface area contributed by atoms with Gasteiger partial charge in [0.1, 0.15) is 11.5 Å². The predicted molar refractivity (Wildman–Crippen MR) is 72.5 cm³/mol. The fourth-order valence-corrected chi connectivity index (χ4v) is 1.74. The molecule has 2 aromatic rings. The highest BCUT2D eigenvalue weighted by atomic mass is 19.1. The molecule has 0 aliphatic rings. The zero-order chi connectivity index (χ0) is 14.0. The molecule has 0 saturated heterocycles. The van der Waals surface area contributed by atoms with Gasteiger partial charge in [-0.05, 0) is 43.2 Å². The molecular weight excluding hydrogens is 245 g/mol. The first-order valence-corrected chi connectivity index (χ1v) is 5.77. The molecule has 0 bridgehead atoms. The molecule has 5 heteroatoms. The monoisotopic (exact) mass is 259 g/mol. The SMILES string of the molecule is Cc1ccc(N)c(C)c1NC(=O)c1ccc(F)cn1. The number of carbonyl (C=O) groups excluding carboxylic acids is 1. The first kappa shape index (κ1) is 13.0. The second-order valence-corrected chi connectivity index (χ2v) is 4.29. The highest BCUT2D eigenvalue weighted by Gasteiger charge is 2.12. The van der Waals surface area contributed by atoms with Crippen LogP contribution in [0.5, 0.6) is 0 Å². The van der Waals surface area contributed by atoms with E-state index in [2.05, 4.69) is 10.3 Å². The topological polar surface area (TPSA) is 68.0 Å². The lowest BCUT2D eigenvalue weighted by atomic mass is 10.1. The van der Waals surface area contributed by atoms with Gasteiger partial charge in [0.05, 0.1) is 6.20 Å². The van der Waals surface area contributed by atoms with Crippen LogP contribution in [-0.2, 0) is 0 Å². The Morgan fingerprint density at radius 2 is 2.00 bits per heavy atom. The van der Waals surface area contributed by atoms with E-state index < -0.39 is 11.7 Å². The lowest BCUT2D eigenvalue weighted by Gasteiger charge is -2.13. The van der Waals surface area contributed by atoms with Gasteiger partial charge in [0, 0.05) is 11.4 Å². The van der Waals surface area contributed by atoms with Crippen LogP contribution in [0.1, 0.15) is 21.6 Å². The van der Waals surface area contributed by atoms with Crippen molar-refractivity contribution in [3.05, 3.63) is 53.1 Å². The van der Waals surface area contributed by atoms with Crippen LogP contribution in [0.15, 0.2) is 30.5 Å². The summed E-state index contributed by atoms with van der Waals surface area (Å²) in [5.41, 5.74) is 8.94. The van der Waals surface area contributed by atoms with Crippen LogP contribution in [-0.4, -0.2) is 10.9 Å². The number of benzene rings is 1. The molecule has 0 aliphatic carbocycles. The van der Waals surface area contributed by atoms with Crippen molar-refractivity contribution in [2.75, 3.05) is 11.1 Å². The summed E-state index contributed by atoms with van der Waals surface area (Å²) in [5.74, 6) is -0.871. The van der Waals surface area contributed by atoms with E-state index in [0.29, 0.717) is 11.4 Å². The maximum atomic E-state index is 12.7. The fraction of sp³-hybridized carbons (Fsp3) is 0.143. The summed E-state index contributed by atoms with van der Waals surface area (Å²) in [4.78, 5) is 15.7. The first-order valence-electron chi connectivity index (χ1n) is 5.77. The lowest BCUT2D eigenvalue weighted by molar-refractivity contribution is 0.102. The van der Waals surface area contributed by atoms with Gasteiger partial charge in [-0.3, -0.25) is 4.79 Å². The van der Waals surface area contributed by atoms with E-state index in [-0.39, 0.29) is 5.69 Å². The van der Waals surface area contributed by atoms with Gasteiger partial charge in [-0.1, -0.05) is 6.07 Å². The average molecular weight is 259 g/mol. The maximum Gasteiger partial charge on any atom is 0.274 e. The van der Waals surface area contributed by atoms with E-state index in [1.165, 1.54) is 12.1 Å². The number of nitrogens with two attached hydrogens (primary N) is 1. The Morgan fingerprint density at radius 3 is 2.63 bits per heavy atom. The second kappa shape index (κ2) is 5.06. The molecule has 1 aromatic heterocycles. The molecule has 4 nitrogen and oxygen atoms in total. The zero-order valence-corrected chi connectivity index (χ0v) is 10.7. The number of anilines is 2. The number of halogens is 1. The number of nitrogens with zero attached hydrogens (tertiary/aromatic N) is 1. The molecule has 1 heterocycles. The van der Waals surface area contributed by atoms with E-state index in [4.69, 9.17) is 5.73 Å². The summed E-state index contributed by atoms with van der Waals surface area (Å²) >= 11 is 0. The zero-order valence-electron chi connectivity index (χ0n) is 10.7. The largest absolute Gasteiger partial charge is 0.398 e. The van der Waals surface area contributed by atoms with E-state index >= 15 is 0 Å². The number of amides is 1. The molecule has 0 unspecified atom stereocenters. The quantitative estimate of drug-likeness (QED) is 0.815. The molecule has 1 aromatic carbocycles. The Bertz CT molecular complexity index is 623. The van der Waals surface area contributed by atoms with Gasteiger partial charge < -0.3 is 11.1 Å². The van der Waals surface area contributed by atoms with Crippen LogP contribution in [0.3, 0.4) is 0 Å². The van der Waals surface area contributed by atoms with Crippen molar-refractivity contribution < 1.29 is 9.18 Å². The third-order valence-electron chi connectivity index (χ3n) is 2.91. The number of rotatable bonds is 2. The molecule has 3 N–H and O–H groups in total. The lowest BCUT2D eigenvalue weighted by Crippen LogP contribution is -2.15. The Labute approximate surface area is 110 Å². The first-order chi connectivity index (χ1) is 8.99. The molecule has 2 rings (SSSR count). The van der Waals surface area contributed by atoms with Gasteiger partial charge in [0.15, 0.2) is 0 Å². The molecular formula is C14H14FN3O. The van der Waals surface area contributed by atoms with E-state index in [9.17, 15) is 9.18 Å². The number of aryl methyl sites for hydroxylation is 1. The van der Waals surface area contributed by atoms with Gasteiger partial charge >= 0.3 is 0 Å². The Kier molecular flexibility index (Phi) is 3.46. The minimum atomic E-state index is -0.479. The standard InChI is InChI=1S/C14H14FN3O/c1-8-3-5-11(16)9(2)13(8)18-14(19)12-6-4-10(15)7-17-12/h3-7H,16H2,1-2H3,(H,18,19). The van der Waals surface area contributed by atoms with Gasteiger partial charge in [-0.25, -0.2) is 9.37 Å². The van der Waals surface area contributed by atoms with Gasteiger partial charge in [0.25, 0.3) is 5.91 Å². The van der Waals surface area contributed by atoms with Crippen molar-refractivity contribution in [1.29, 1.82) is 0 Å². The van der Waals surface area contributed by atoms with Gasteiger partial charge in [0.2, 0.25) is 0 Å². The number of hydrogen-bond donors (Lipinski definition) is 2. The van der Waals surface area contributed by atoms with Crippen LogP contribution < -0.4 is 11.1 Å². The van der Waals surface area contributed by atoms with E-state index in [1.54, 1.807) is 6.07 Å². The summed E-state index contributed by atoms with van der Waals surface area (Å²) in [6, 6.07) is 6.15. The van der Waals surface area contributed by atoms with Crippen molar-refractivity contribution in [2.24, 2.45) is 0 Å². The summed E-state index contributed by atoms with van der Waals surface area (Å²) in [5, 5.41) is 2.75. The minimum absolute atomic E-state index is 0.155. The average Bonchev–Trinajstić information content (AvgIpc) is 2.40. The van der Waals surface area contributed by atoms with E-state index in [0.717, 1.165) is 17.3 Å². The van der Waals surface area contributed by atoms with Crippen molar-refractivity contribution >= 4 is 17.3 Å². The minimum Gasteiger partial charge on any atom is -0.398 e. The molecule has 0 radical (unpaired) electrons. The van der Waals surface area contributed by atoms with Crippen LogP contribution >= 0.6 is 0 Å². The number of nitrogens with one attached hydrogen (secondary N) is 1. The molecule has 1 amide bonds. The maximum absolute atomic E-state index is 12.7. The second-order valence-electron chi connectivity index (χ2n) is 4.29. The predicted octanol–water partition coefficient (Wildman–Crippen LogP) is 2.67. The van der Waals surface area contributed by atoms with Crippen molar-refractivity contribution in [1.82, 2.24) is 4.98 Å². The number of pyridine rings is 1. The Hall–Kier alpha value is -2.43. The third-order valence-corrected chi connectivity index (χ3v) is 2.91. The molecule has 0 spiro atoms. The van der Waals surface area contributed by atoms with Gasteiger partial charge in [-0.15, -0.1) is 0 Å². The summed E-state index contributed by atoms with van der Waals surface area (Å²) in [6.45, 7) is 3.70. The number of carbonyl (C=O) groups is 1. The highest BCUT2D eigenvalue weighted by molar-refractivity contribution is 6.04. The van der Waals surface area contributed by atoms with Crippen LogP contribution in [0.25, 0.3) is 0 Å². The Morgan fingerprint density at radius 1 is 1.26 bits per heavy atom. The van der Waals surface area contributed by atoms with Crippen molar-refractivity contribution in [2.45, 2.75) is 13.8 Å². The van der Waals surface area contributed by atoms with Crippen molar-refractivity contribution in [3.63, 3.8) is 0 Å². The molecule has 0 fully saturated rings. The molecule has 0 atom stereocenters. The van der Waals surface area contributed by atoms with Crippen LogP contribution in [0, 0.1) is 19.7 Å². The molecule has 0 aliphatic heterocycles. The summed E-state index contributed by atoms with van der Waals surface area (Å²) in [6.07, 6.45) is 1.01. The van der Waals surface area contributed by atoms with E-state index in [1.807, 2.05) is 19.9 Å². The normalized spacial score (nSPS) is 10.3. The van der Waals surface area contributed by atoms with Crippen LogP contribution in [0.2, 0.25) is 0 Å². The number of hydrogen-bond acceptors (Lipinski definition) is 3. The van der Waals surface area contributed by atoms with Crippen molar-refractivity contribution in [3.8, 4) is 0 Å². The smallest absolute Gasteiger partial charge is 0.274 e. The molecule has 98 valence electrons. The third kappa shape index (κ3) is 2.70. The van der Waals surface area contributed by atoms with Crippen LogP contribution in [0.4, 0.5) is 15.8 Å². The fourth-order valence-electron chi connectivity index (χ4n) is 1.74. The number of aromatic nitrogens is 1. The van der Waals surface area contributed by atoms with Gasteiger partial charge in [-0.2, -0.15) is 0 Å². The highest BCUT2D eigenvalue weighted by Crippen LogP contribution is 2.25.